The van der Waals surface area contributed by atoms with E-state index < -0.39 is 49.4 Å². The van der Waals surface area contributed by atoms with E-state index in [1.165, 1.54) is 25.3 Å². The number of aliphatic hydroxyl groups excluding tert-OH is 4. The number of benzene rings is 2. The number of fused-ring (bicyclic) bond motifs is 1. The largest absolute Gasteiger partial charge is 0.493 e. The maximum Gasteiger partial charge on any atom is 0.416 e. The Labute approximate surface area is 215 Å². The SMILES string of the molecule is COc1cc2c(Nc3cc(C(F)(F)F)ccc3Br)ncnc2cc1O[C@H](CO)[C@H](O)[C@@H](O)[C@H](F)CO.O. The van der Waals surface area contributed by atoms with E-state index in [0.29, 0.717) is 9.86 Å². The standard InChI is InChI=1S/C22H22BrF4N3O6.H2O/c1-35-16-5-11-14(6-17(16)36-18(8-32)20(34)19(33)13(24)7-31)28-9-29-21(11)30-15-4-10(22(25,26)27)2-3-12(15)23;/h2-6,9,13,18-20,31-34H,7-8H2,1H3,(H,28,29,30);1H2/t13-,18-,19+,20+;/m1./s1. The van der Waals surface area contributed by atoms with Crippen LogP contribution in [0.2, 0.25) is 0 Å². The van der Waals surface area contributed by atoms with Gasteiger partial charge in [-0.05, 0) is 40.2 Å². The summed E-state index contributed by atoms with van der Waals surface area (Å²) in [5.41, 5.74) is -0.532. The summed E-state index contributed by atoms with van der Waals surface area (Å²) in [6.45, 7) is -1.87. The minimum Gasteiger partial charge on any atom is -0.493 e. The van der Waals surface area contributed by atoms with E-state index >= 15 is 0 Å². The molecule has 0 radical (unpaired) electrons. The first-order valence-electron chi connectivity index (χ1n) is 10.3. The molecule has 0 bridgehead atoms. The van der Waals surface area contributed by atoms with Crippen molar-refractivity contribution in [3.05, 3.63) is 46.7 Å². The lowest BCUT2D eigenvalue weighted by Crippen LogP contribution is -2.48. The van der Waals surface area contributed by atoms with Crippen molar-refractivity contribution in [2.75, 3.05) is 25.6 Å². The molecule has 0 spiro atoms. The molecule has 204 valence electrons. The molecule has 0 amide bonds. The third kappa shape index (κ3) is 6.94. The second-order valence-electron chi connectivity index (χ2n) is 7.58. The van der Waals surface area contributed by atoms with Crippen molar-refractivity contribution in [2.24, 2.45) is 0 Å². The molecule has 10 nitrogen and oxygen atoms in total. The summed E-state index contributed by atoms with van der Waals surface area (Å²) in [7, 11) is 1.29. The monoisotopic (exact) mass is 597 g/mol. The lowest BCUT2D eigenvalue weighted by atomic mass is 10.0. The molecule has 1 heterocycles. The summed E-state index contributed by atoms with van der Waals surface area (Å²) >= 11 is 3.21. The van der Waals surface area contributed by atoms with Crippen LogP contribution in [0.3, 0.4) is 0 Å². The predicted molar refractivity (Wildman–Crippen MR) is 128 cm³/mol. The summed E-state index contributed by atoms with van der Waals surface area (Å²) in [5.74, 6) is 0.157. The van der Waals surface area contributed by atoms with E-state index in [2.05, 4.69) is 31.2 Å². The number of aromatic nitrogens is 2. The van der Waals surface area contributed by atoms with Crippen LogP contribution >= 0.6 is 15.9 Å². The van der Waals surface area contributed by atoms with Crippen LogP contribution in [0.25, 0.3) is 10.9 Å². The van der Waals surface area contributed by atoms with Gasteiger partial charge in [0.1, 0.15) is 24.4 Å². The first-order chi connectivity index (χ1) is 17.0. The van der Waals surface area contributed by atoms with Gasteiger partial charge in [0.15, 0.2) is 23.8 Å². The van der Waals surface area contributed by atoms with Crippen LogP contribution in [0.1, 0.15) is 5.56 Å². The van der Waals surface area contributed by atoms with Crippen LogP contribution in [0.5, 0.6) is 11.5 Å². The molecular formula is C22H24BrF4N3O7. The number of anilines is 2. The Morgan fingerprint density at radius 2 is 1.73 bits per heavy atom. The zero-order chi connectivity index (χ0) is 26.6. The summed E-state index contributed by atoms with van der Waals surface area (Å²) in [6, 6.07) is 5.85. The van der Waals surface area contributed by atoms with Crippen LogP contribution < -0.4 is 14.8 Å². The highest BCUT2D eigenvalue weighted by Crippen LogP contribution is 2.38. The Bertz CT molecular complexity index is 1200. The zero-order valence-electron chi connectivity index (χ0n) is 19.1. The van der Waals surface area contributed by atoms with Gasteiger partial charge in [0.05, 0.1) is 37.1 Å². The molecule has 0 aliphatic heterocycles. The molecule has 0 saturated carbocycles. The van der Waals surface area contributed by atoms with Gasteiger partial charge >= 0.3 is 6.18 Å². The molecule has 0 saturated heterocycles. The van der Waals surface area contributed by atoms with Gasteiger partial charge < -0.3 is 40.7 Å². The number of hydrogen-bond acceptors (Lipinski definition) is 9. The number of methoxy groups -OCH3 is 1. The van der Waals surface area contributed by atoms with Crippen LogP contribution in [-0.2, 0) is 6.18 Å². The average molecular weight is 598 g/mol. The number of nitrogens with zero attached hydrogens (tertiary/aromatic N) is 2. The number of nitrogens with one attached hydrogen (secondary N) is 1. The summed E-state index contributed by atoms with van der Waals surface area (Å²) < 4.78 is 64.3. The molecule has 7 N–H and O–H groups in total. The van der Waals surface area contributed by atoms with Gasteiger partial charge in [0.2, 0.25) is 0 Å². The number of aliphatic hydroxyl groups is 4. The van der Waals surface area contributed by atoms with E-state index in [-0.39, 0.29) is 34.0 Å². The van der Waals surface area contributed by atoms with Crippen molar-refractivity contribution in [3.63, 3.8) is 0 Å². The number of hydrogen-bond donors (Lipinski definition) is 5. The fourth-order valence-corrected chi connectivity index (χ4v) is 3.61. The Kier molecular flexibility index (Phi) is 10.4. The van der Waals surface area contributed by atoms with Gasteiger partial charge in [0.25, 0.3) is 0 Å². The summed E-state index contributed by atoms with van der Waals surface area (Å²) in [5, 5.41) is 41.6. The molecular weight excluding hydrogens is 574 g/mol. The fourth-order valence-electron chi connectivity index (χ4n) is 3.26. The van der Waals surface area contributed by atoms with Gasteiger partial charge in [-0.25, -0.2) is 14.4 Å². The third-order valence-electron chi connectivity index (χ3n) is 5.20. The molecule has 3 rings (SSSR count). The van der Waals surface area contributed by atoms with Gasteiger partial charge in [-0.3, -0.25) is 0 Å². The molecule has 3 aromatic rings. The minimum atomic E-state index is -4.55. The second-order valence-corrected chi connectivity index (χ2v) is 8.43. The fraction of sp³-hybridized carbons (Fsp3) is 0.364. The molecule has 2 aromatic carbocycles. The molecule has 0 fully saturated rings. The number of ether oxygens (including phenoxy) is 2. The Morgan fingerprint density at radius 1 is 1.03 bits per heavy atom. The quantitative estimate of drug-likeness (QED) is 0.220. The van der Waals surface area contributed by atoms with Crippen molar-refractivity contribution < 1.29 is 52.9 Å². The molecule has 4 atom stereocenters. The van der Waals surface area contributed by atoms with Crippen LogP contribution in [0.15, 0.2) is 41.1 Å². The smallest absolute Gasteiger partial charge is 0.416 e. The maximum atomic E-state index is 13.6. The van der Waals surface area contributed by atoms with Crippen LogP contribution in [0.4, 0.5) is 29.1 Å². The highest BCUT2D eigenvalue weighted by molar-refractivity contribution is 9.10. The molecule has 15 heteroatoms. The average Bonchev–Trinajstić information content (AvgIpc) is 2.86. The van der Waals surface area contributed by atoms with Crippen LogP contribution in [-0.4, -0.2) is 80.7 Å². The predicted octanol–water partition coefficient (Wildman–Crippen LogP) is 2.13. The second kappa shape index (κ2) is 12.6. The number of rotatable bonds is 10. The lowest BCUT2D eigenvalue weighted by molar-refractivity contribution is -0.137. The Hall–Kier alpha value is -2.82. The van der Waals surface area contributed by atoms with Crippen LogP contribution in [0, 0.1) is 0 Å². The van der Waals surface area contributed by atoms with Gasteiger partial charge in [0, 0.05) is 15.9 Å². The van der Waals surface area contributed by atoms with Gasteiger partial charge in [-0.15, -0.1) is 0 Å². The maximum absolute atomic E-state index is 13.6. The number of halogens is 5. The van der Waals surface area contributed by atoms with Crippen molar-refractivity contribution in [3.8, 4) is 11.5 Å². The number of alkyl halides is 4. The lowest BCUT2D eigenvalue weighted by Gasteiger charge is -2.28. The van der Waals surface area contributed by atoms with Crippen molar-refractivity contribution >= 4 is 38.3 Å². The topological polar surface area (TPSA) is 169 Å². The third-order valence-corrected chi connectivity index (χ3v) is 5.89. The Balaban J connectivity index is 0.00000481. The first kappa shape index (κ1) is 30.4. The molecule has 0 aliphatic rings. The van der Waals surface area contributed by atoms with Gasteiger partial charge in [-0.2, -0.15) is 13.2 Å². The van der Waals surface area contributed by atoms with Crippen molar-refractivity contribution in [1.29, 1.82) is 0 Å². The van der Waals surface area contributed by atoms with E-state index in [1.807, 2.05) is 0 Å². The molecule has 37 heavy (non-hydrogen) atoms. The highest BCUT2D eigenvalue weighted by atomic mass is 79.9. The normalized spacial score (nSPS) is 14.9. The molecule has 1 aromatic heterocycles. The summed E-state index contributed by atoms with van der Waals surface area (Å²) in [4.78, 5) is 8.21. The molecule has 0 aliphatic carbocycles. The van der Waals surface area contributed by atoms with Crippen molar-refractivity contribution in [2.45, 2.75) is 30.7 Å². The minimum absolute atomic E-state index is 0. The van der Waals surface area contributed by atoms with E-state index in [1.54, 1.807) is 0 Å². The first-order valence-corrected chi connectivity index (χ1v) is 11.1. The zero-order valence-corrected chi connectivity index (χ0v) is 20.7. The molecule has 0 unspecified atom stereocenters. The van der Waals surface area contributed by atoms with E-state index in [0.717, 1.165) is 18.5 Å². The highest BCUT2D eigenvalue weighted by Gasteiger charge is 2.34. The van der Waals surface area contributed by atoms with E-state index in [4.69, 9.17) is 14.6 Å². The van der Waals surface area contributed by atoms with Crippen molar-refractivity contribution in [1.82, 2.24) is 9.97 Å². The Morgan fingerprint density at radius 3 is 2.32 bits per heavy atom. The van der Waals surface area contributed by atoms with E-state index in [9.17, 15) is 32.9 Å². The van der Waals surface area contributed by atoms with Gasteiger partial charge in [-0.1, -0.05) is 0 Å². The summed E-state index contributed by atoms with van der Waals surface area (Å²) in [6.07, 6.45) is -11.0.